The molecule has 1 aliphatic carbocycles. The maximum Gasteiger partial charge on any atom is 0.197 e. The molecule has 188 valence electrons. The van der Waals surface area contributed by atoms with Gasteiger partial charge in [0.2, 0.25) is 0 Å². The molecule has 3 aromatic carbocycles. The van der Waals surface area contributed by atoms with Gasteiger partial charge in [0.15, 0.2) is 5.96 Å². The number of nitrogens with two attached hydrogens (primary N) is 1. The van der Waals surface area contributed by atoms with Gasteiger partial charge in [-0.1, -0.05) is 55.7 Å². The zero-order valence-electron chi connectivity index (χ0n) is 21.4. The highest BCUT2D eigenvalue weighted by Crippen LogP contribution is 2.36. The molecular formula is C31H38N4O. The molecule has 5 rings (SSSR count). The Morgan fingerprint density at radius 2 is 1.67 bits per heavy atom. The van der Waals surface area contributed by atoms with Gasteiger partial charge in [0.05, 0.1) is 5.69 Å². The summed E-state index contributed by atoms with van der Waals surface area (Å²) in [5.41, 5.74) is 10.0. The number of nitrogens with zero attached hydrogens (tertiary/aromatic N) is 3. The molecule has 0 radical (unpaired) electrons. The average molecular weight is 483 g/mol. The minimum atomic E-state index is 0.407. The van der Waals surface area contributed by atoms with Crippen molar-refractivity contribution in [2.45, 2.75) is 57.5 Å². The third-order valence-corrected chi connectivity index (χ3v) is 7.68. The summed E-state index contributed by atoms with van der Waals surface area (Å²) < 4.78 is 6.11. The zero-order chi connectivity index (χ0) is 24.7. The van der Waals surface area contributed by atoms with Crippen LogP contribution in [0.25, 0.3) is 0 Å². The van der Waals surface area contributed by atoms with Crippen LogP contribution in [0.15, 0.2) is 83.9 Å². The molecule has 2 N–H and O–H groups in total. The van der Waals surface area contributed by atoms with E-state index in [1.807, 2.05) is 42.5 Å². The van der Waals surface area contributed by atoms with Crippen LogP contribution in [-0.4, -0.2) is 30.5 Å². The second kappa shape index (κ2) is 11.5. The predicted molar refractivity (Wildman–Crippen MR) is 149 cm³/mol. The Morgan fingerprint density at radius 1 is 0.944 bits per heavy atom. The van der Waals surface area contributed by atoms with Crippen molar-refractivity contribution in [1.82, 2.24) is 4.90 Å². The Hall–Kier alpha value is -3.47. The lowest BCUT2D eigenvalue weighted by Crippen LogP contribution is -2.49. The number of anilines is 1. The van der Waals surface area contributed by atoms with Crippen LogP contribution in [0.1, 0.15) is 50.5 Å². The highest BCUT2D eigenvalue weighted by Gasteiger charge is 2.32. The summed E-state index contributed by atoms with van der Waals surface area (Å²) in [4.78, 5) is 9.57. The maximum absolute atomic E-state index is 6.62. The van der Waals surface area contributed by atoms with Gasteiger partial charge in [-0.15, -0.1) is 0 Å². The molecule has 1 fully saturated rings. The van der Waals surface area contributed by atoms with E-state index in [9.17, 15) is 0 Å². The number of para-hydroxylation sites is 2. The van der Waals surface area contributed by atoms with E-state index in [0.29, 0.717) is 17.9 Å². The van der Waals surface area contributed by atoms with Crippen LogP contribution in [0.2, 0.25) is 0 Å². The molecule has 0 unspecified atom stereocenters. The molecule has 1 heterocycles. The fourth-order valence-electron chi connectivity index (χ4n) is 5.74. The summed E-state index contributed by atoms with van der Waals surface area (Å²) in [5.74, 6) is 3.01. The van der Waals surface area contributed by atoms with Crippen molar-refractivity contribution in [3.8, 4) is 11.5 Å². The van der Waals surface area contributed by atoms with Gasteiger partial charge in [-0.2, -0.15) is 0 Å². The van der Waals surface area contributed by atoms with Crippen molar-refractivity contribution >= 4 is 17.3 Å². The van der Waals surface area contributed by atoms with E-state index in [1.165, 1.54) is 43.4 Å². The summed E-state index contributed by atoms with van der Waals surface area (Å²) >= 11 is 0. The van der Waals surface area contributed by atoms with E-state index in [-0.39, 0.29) is 0 Å². The van der Waals surface area contributed by atoms with E-state index in [2.05, 4.69) is 53.2 Å². The van der Waals surface area contributed by atoms with Crippen molar-refractivity contribution in [2.75, 3.05) is 18.5 Å². The fraction of sp³-hybridized carbons (Fsp3) is 0.387. The molecule has 0 saturated heterocycles. The van der Waals surface area contributed by atoms with E-state index < -0.39 is 0 Å². The largest absolute Gasteiger partial charge is 0.457 e. The standard InChI is InChI=1S/C31H38N4O/c1-34(26-14-7-3-8-15-26)21-11-18-30(24-12-5-2-6-13-24)35-23-25-22-28(19-20-29(25)33-31(35)32)36-27-16-9-4-10-17-27/h3-4,7-10,14-17,19-20,22,24,30H,2,5-6,11-13,18,21,23H2,1H3,(H2,32,33)/t30-/m0/s1. The van der Waals surface area contributed by atoms with Gasteiger partial charge in [0.1, 0.15) is 11.5 Å². The number of fused-ring (bicyclic) bond motifs is 1. The van der Waals surface area contributed by atoms with Gasteiger partial charge in [0.25, 0.3) is 0 Å². The first-order chi connectivity index (χ1) is 17.7. The van der Waals surface area contributed by atoms with Crippen LogP contribution in [0.4, 0.5) is 11.4 Å². The first-order valence-corrected chi connectivity index (χ1v) is 13.4. The summed E-state index contributed by atoms with van der Waals surface area (Å²) in [6, 6.07) is 27.1. The van der Waals surface area contributed by atoms with E-state index >= 15 is 0 Å². The van der Waals surface area contributed by atoms with Crippen LogP contribution < -0.4 is 15.4 Å². The average Bonchev–Trinajstić information content (AvgIpc) is 2.92. The molecule has 1 saturated carbocycles. The van der Waals surface area contributed by atoms with Crippen LogP contribution >= 0.6 is 0 Å². The predicted octanol–water partition coefficient (Wildman–Crippen LogP) is 7.11. The minimum absolute atomic E-state index is 0.407. The number of guanidine groups is 1. The molecule has 1 atom stereocenters. The Balaban J connectivity index is 1.31. The Bertz CT molecular complexity index is 1140. The van der Waals surface area contributed by atoms with Crippen LogP contribution in [0.5, 0.6) is 11.5 Å². The highest BCUT2D eigenvalue weighted by molar-refractivity contribution is 5.84. The van der Waals surface area contributed by atoms with E-state index in [0.717, 1.165) is 43.1 Å². The monoisotopic (exact) mass is 482 g/mol. The van der Waals surface area contributed by atoms with Gasteiger partial charge in [-0.25, -0.2) is 4.99 Å². The van der Waals surface area contributed by atoms with Crippen molar-refractivity contribution in [2.24, 2.45) is 16.6 Å². The number of aliphatic imine (C=N–C) groups is 1. The maximum atomic E-state index is 6.62. The lowest BCUT2D eigenvalue weighted by atomic mass is 9.81. The molecule has 0 spiro atoms. The Labute approximate surface area is 215 Å². The van der Waals surface area contributed by atoms with Crippen LogP contribution in [0.3, 0.4) is 0 Å². The van der Waals surface area contributed by atoms with Crippen molar-refractivity contribution < 1.29 is 4.74 Å². The first-order valence-electron chi connectivity index (χ1n) is 13.4. The number of rotatable bonds is 9. The van der Waals surface area contributed by atoms with Gasteiger partial charge in [-0.3, -0.25) is 0 Å². The van der Waals surface area contributed by atoms with Gasteiger partial charge < -0.3 is 20.3 Å². The van der Waals surface area contributed by atoms with Crippen molar-refractivity contribution in [3.63, 3.8) is 0 Å². The summed E-state index contributed by atoms with van der Waals surface area (Å²) in [6.07, 6.45) is 8.81. The molecule has 5 nitrogen and oxygen atoms in total. The Kier molecular flexibility index (Phi) is 7.75. The summed E-state index contributed by atoms with van der Waals surface area (Å²) in [7, 11) is 2.19. The molecule has 0 amide bonds. The summed E-state index contributed by atoms with van der Waals surface area (Å²) in [6.45, 7) is 1.82. The van der Waals surface area contributed by atoms with Crippen LogP contribution in [0, 0.1) is 5.92 Å². The van der Waals surface area contributed by atoms with E-state index in [1.54, 1.807) is 0 Å². The van der Waals surface area contributed by atoms with Gasteiger partial charge in [-0.05, 0) is 74.1 Å². The number of benzene rings is 3. The highest BCUT2D eigenvalue weighted by atomic mass is 16.5. The SMILES string of the molecule is CN(CCC[C@@H](C1CCCCC1)N1Cc2cc(Oc3ccccc3)ccc2N=C1N)c1ccccc1. The molecule has 5 heteroatoms. The zero-order valence-corrected chi connectivity index (χ0v) is 21.4. The quantitative estimate of drug-likeness (QED) is 0.353. The fourth-order valence-corrected chi connectivity index (χ4v) is 5.74. The normalized spacial score (nSPS) is 16.7. The lowest BCUT2D eigenvalue weighted by molar-refractivity contribution is 0.163. The number of hydrogen-bond donors (Lipinski definition) is 1. The Morgan fingerprint density at radius 3 is 2.42 bits per heavy atom. The molecule has 3 aromatic rings. The molecular weight excluding hydrogens is 444 g/mol. The van der Waals surface area contributed by atoms with E-state index in [4.69, 9.17) is 15.5 Å². The van der Waals surface area contributed by atoms with Gasteiger partial charge >= 0.3 is 0 Å². The smallest absolute Gasteiger partial charge is 0.197 e. The first kappa shape index (κ1) is 24.2. The molecule has 0 aromatic heterocycles. The second-order valence-electron chi connectivity index (χ2n) is 10.2. The molecule has 36 heavy (non-hydrogen) atoms. The topological polar surface area (TPSA) is 54.1 Å². The molecule has 1 aliphatic heterocycles. The van der Waals surface area contributed by atoms with Crippen molar-refractivity contribution in [1.29, 1.82) is 0 Å². The van der Waals surface area contributed by atoms with Gasteiger partial charge in [0, 0.05) is 37.4 Å². The second-order valence-corrected chi connectivity index (χ2v) is 10.2. The lowest BCUT2D eigenvalue weighted by Gasteiger charge is -2.41. The molecule has 2 aliphatic rings. The number of ether oxygens (including phenoxy) is 1. The summed E-state index contributed by atoms with van der Waals surface area (Å²) in [5, 5.41) is 0. The third kappa shape index (κ3) is 5.84. The van der Waals surface area contributed by atoms with Crippen molar-refractivity contribution in [3.05, 3.63) is 84.4 Å². The minimum Gasteiger partial charge on any atom is -0.457 e. The van der Waals surface area contributed by atoms with Crippen LogP contribution in [-0.2, 0) is 6.54 Å². The molecule has 0 bridgehead atoms. The third-order valence-electron chi connectivity index (χ3n) is 7.68. The number of hydrogen-bond acceptors (Lipinski definition) is 5.